The van der Waals surface area contributed by atoms with Crippen molar-refractivity contribution in [3.8, 4) is 17.2 Å². The number of alkyl halides is 3. The number of amides is 1. The number of rotatable bonds is 10. The number of aromatic nitrogens is 3. The molecule has 1 amide bonds. The first-order chi connectivity index (χ1) is 18.8. The van der Waals surface area contributed by atoms with Gasteiger partial charge in [0.05, 0.1) is 10.5 Å². The predicted molar refractivity (Wildman–Crippen MR) is 143 cm³/mol. The summed E-state index contributed by atoms with van der Waals surface area (Å²) in [6, 6.07) is 11.6. The first-order valence-electron chi connectivity index (χ1n) is 11.6. The van der Waals surface area contributed by atoms with Gasteiger partial charge in [0.15, 0.2) is 15.7 Å². The topological polar surface area (TPSA) is 116 Å². The molecule has 15 heteroatoms. The van der Waals surface area contributed by atoms with Gasteiger partial charge in [-0.25, -0.2) is 18.4 Å². The van der Waals surface area contributed by atoms with Crippen LogP contribution in [-0.4, -0.2) is 65.7 Å². The molecule has 1 N–H and O–H groups in total. The molecule has 4 aromatic rings. The number of anilines is 2. The third-order valence-corrected chi connectivity index (χ3v) is 6.57. The number of hydrogen-bond donors (Lipinski definition) is 1. The van der Waals surface area contributed by atoms with Gasteiger partial charge in [0.25, 0.3) is 0 Å². The largest absolute Gasteiger partial charge is 0.573 e. The number of carbonyl (C=O) groups is 1. The van der Waals surface area contributed by atoms with E-state index in [1.807, 2.05) is 4.57 Å². The summed E-state index contributed by atoms with van der Waals surface area (Å²) in [6.45, 7) is 0.599. The second-order valence-electron chi connectivity index (χ2n) is 8.75. The van der Waals surface area contributed by atoms with E-state index in [9.17, 15) is 26.4 Å². The lowest BCUT2D eigenvalue weighted by Gasteiger charge is -2.18. The minimum absolute atomic E-state index is 0.0969. The van der Waals surface area contributed by atoms with E-state index in [1.54, 1.807) is 30.5 Å². The van der Waals surface area contributed by atoms with Gasteiger partial charge in [-0.2, -0.15) is 0 Å². The Morgan fingerprint density at radius 1 is 1.12 bits per heavy atom. The van der Waals surface area contributed by atoms with Crippen LogP contribution in [0.3, 0.4) is 0 Å². The zero-order valence-corrected chi connectivity index (χ0v) is 22.7. The molecule has 0 bridgehead atoms. The average molecular weight is 598 g/mol. The van der Waals surface area contributed by atoms with Gasteiger partial charge in [-0.1, -0.05) is 17.7 Å². The van der Waals surface area contributed by atoms with Crippen molar-refractivity contribution in [3.05, 3.63) is 66.1 Å². The Kier molecular flexibility index (Phi) is 8.40. The van der Waals surface area contributed by atoms with Crippen LogP contribution in [0.2, 0.25) is 5.02 Å². The monoisotopic (exact) mass is 597 g/mol. The summed E-state index contributed by atoms with van der Waals surface area (Å²) >= 11 is 6.39. The predicted octanol–water partition coefficient (Wildman–Crippen LogP) is 5.02. The number of hydrogen-bond acceptors (Lipinski definition) is 8. The molecule has 2 aromatic carbocycles. The highest BCUT2D eigenvalue weighted by Crippen LogP contribution is 2.35. The molecular formula is C25H23ClF3N5O5S. The number of nitrogens with zero attached hydrogens (tertiary/aromatic N) is 4. The number of nitrogens with one attached hydrogen (secondary N) is 1. The Morgan fingerprint density at radius 3 is 2.58 bits per heavy atom. The number of likely N-dealkylation sites (N-methyl/N-ethyl adjacent to an activating group) is 1. The van der Waals surface area contributed by atoms with Crippen LogP contribution < -0.4 is 14.8 Å². The average Bonchev–Trinajstić information content (AvgIpc) is 3.26. The molecule has 0 atom stereocenters. The molecule has 0 spiro atoms. The Morgan fingerprint density at radius 2 is 1.88 bits per heavy atom. The quantitative estimate of drug-likeness (QED) is 0.271. The van der Waals surface area contributed by atoms with Crippen molar-refractivity contribution in [2.24, 2.45) is 0 Å². The summed E-state index contributed by atoms with van der Waals surface area (Å²) in [7, 11) is -1.92. The Bertz CT molecular complexity index is 1650. The third-order valence-electron chi connectivity index (χ3n) is 5.50. The molecule has 2 aromatic heterocycles. The summed E-state index contributed by atoms with van der Waals surface area (Å²) in [5.74, 6) is -0.763. The van der Waals surface area contributed by atoms with Crippen LogP contribution in [0, 0.1) is 0 Å². The van der Waals surface area contributed by atoms with E-state index in [0.717, 1.165) is 18.4 Å². The fourth-order valence-corrected chi connectivity index (χ4v) is 4.58. The van der Waals surface area contributed by atoms with Crippen molar-refractivity contribution < 1.29 is 35.9 Å². The molecule has 40 heavy (non-hydrogen) atoms. The van der Waals surface area contributed by atoms with E-state index in [4.69, 9.17) is 16.3 Å². The first kappa shape index (κ1) is 29.0. The minimum Gasteiger partial charge on any atom is -0.456 e. The molecule has 0 aliphatic carbocycles. The van der Waals surface area contributed by atoms with Crippen LogP contribution in [0.5, 0.6) is 17.2 Å². The highest BCUT2D eigenvalue weighted by atomic mass is 35.5. The molecule has 212 valence electrons. The van der Waals surface area contributed by atoms with Gasteiger partial charge in [0.2, 0.25) is 5.91 Å². The van der Waals surface area contributed by atoms with Crippen LogP contribution in [-0.2, 0) is 21.2 Å². The molecule has 0 saturated heterocycles. The molecule has 0 saturated carbocycles. The van der Waals surface area contributed by atoms with Gasteiger partial charge in [0.1, 0.15) is 34.8 Å². The number of fused-ring (bicyclic) bond motifs is 1. The standard InChI is InChI=1S/C25H23ClF3N5O5S/c1-33(22(35)14-40(2,36)37)10-11-34-9-8-20-23(34)24(31-15-30-20)32-16-6-7-21(19(26)12-16)38-17-4-3-5-18(13-17)39-25(27,28)29/h3-9,12-13,15H,10-11,14H2,1-2H3,(H,30,31,32). The van der Waals surface area contributed by atoms with Crippen molar-refractivity contribution in [2.75, 3.05) is 30.9 Å². The normalized spacial score (nSPS) is 11.8. The summed E-state index contributed by atoms with van der Waals surface area (Å²) < 4.78 is 71.8. The molecule has 0 fully saturated rings. The van der Waals surface area contributed by atoms with Crippen LogP contribution in [0.25, 0.3) is 11.0 Å². The highest BCUT2D eigenvalue weighted by Gasteiger charge is 2.31. The number of halogens is 4. The fourth-order valence-electron chi connectivity index (χ4n) is 3.69. The second-order valence-corrected chi connectivity index (χ2v) is 11.3. The third kappa shape index (κ3) is 7.76. The maximum absolute atomic E-state index is 12.5. The molecule has 2 heterocycles. The van der Waals surface area contributed by atoms with Crippen molar-refractivity contribution in [1.82, 2.24) is 19.4 Å². The highest BCUT2D eigenvalue weighted by molar-refractivity contribution is 7.91. The second kappa shape index (κ2) is 11.6. The van der Waals surface area contributed by atoms with E-state index in [0.29, 0.717) is 29.1 Å². The lowest BCUT2D eigenvalue weighted by atomic mass is 10.2. The smallest absolute Gasteiger partial charge is 0.456 e. The molecule has 4 rings (SSSR count). The lowest BCUT2D eigenvalue weighted by molar-refractivity contribution is -0.274. The SMILES string of the molecule is CN(CCn1ccc2ncnc(Nc3ccc(Oc4cccc(OC(F)(F)F)c4)c(Cl)c3)c21)C(=O)CS(C)(=O)=O. The van der Waals surface area contributed by atoms with Gasteiger partial charge in [-0.3, -0.25) is 4.79 Å². The van der Waals surface area contributed by atoms with Crippen molar-refractivity contribution in [2.45, 2.75) is 12.9 Å². The maximum atomic E-state index is 12.5. The van der Waals surface area contributed by atoms with E-state index in [1.165, 1.54) is 30.4 Å². The zero-order chi connectivity index (χ0) is 29.1. The Balaban J connectivity index is 1.49. The molecule has 0 unspecified atom stereocenters. The van der Waals surface area contributed by atoms with E-state index in [-0.39, 0.29) is 23.1 Å². The van der Waals surface area contributed by atoms with Gasteiger partial charge >= 0.3 is 6.36 Å². The molecule has 0 radical (unpaired) electrons. The van der Waals surface area contributed by atoms with Crippen LogP contribution >= 0.6 is 11.6 Å². The van der Waals surface area contributed by atoms with Crippen molar-refractivity contribution in [3.63, 3.8) is 0 Å². The van der Waals surface area contributed by atoms with Crippen LogP contribution in [0.4, 0.5) is 24.7 Å². The maximum Gasteiger partial charge on any atom is 0.573 e. The molecular weight excluding hydrogens is 575 g/mol. The number of sulfone groups is 1. The number of carbonyl (C=O) groups excluding carboxylic acids is 1. The first-order valence-corrected chi connectivity index (χ1v) is 14.0. The van der Waals surface area contributed by atoms with Gasteiger partial charge < -0.3 is 24.3 Å². The molecule has 10 nitrogen and oxygen atoms in total. The van der Waals surface area contributed by atoms with E-state index < -0.39 is 33.6 Å². The molecule has 0 aliphatic heterocycles. The summed E-state index contributed by atoms with van der Waals surface area (Å²) in [4.78, 5) is 22.1. The number of benzene rings is 2. The number of ether oxygens (including phenoxy) is 2. The summed E-state index contributed by atoms with van der Waals surface area (Å²) in [5.41, 5.74) is 1.82. The Labute approximate surface area is 232 Å². The minimum atomic E-state index is -4.83. The van der Waals surface area contributed by atoms with Gasteiger partial charge in [-0.05, 0) is 36.4 Å². The summed E-state index contributed by atoms with van der Waals surface area (Å²) in [6.07, 6.45) is -0.670. The Hall–Kier alpha value is -4.04. The van der Waals surface area contributed by atoms with Crippen LogP contribution in [0.15, 0.2) is 61.1 Å². The van der Waals surface area contributed by atoms with Crippen molar-refractivity contribution in [1.29, 1.82) is 0 Å². The fraction of sp³-hybridized carbons (Fsp3) is 0.240. The van der Waals surface area contributed by atoms with E-state index >= 15 is 0 Å². The molecule has 0 aliphatic rings. The zero-order valence-electron chi connectivity index (χ0n) is 21.1. The summed E-state index contributed by atoms with van der Waals surface area (Å²) in [5, 5.41) is 3.34. The van der Waals surface area contributed by atoms with Gasteiger partial charge in [0, 0.05) is 44.3 Å². The lowest BCUT2D eigenvalue weighted by Crippen LogP contribution is -2.34. The van der Waals surface area contributed by atoms with Crippen molar-refractivity contribution >= 4 is 49.9 Å². The van der Waals surface area contributed by atoms with Crippen LogP contribution in [0.1, 0.15) is 0 Å². The van der Waals surface area contributed by atoms with E-state index in [2.05, 4.69) is 20.0 Å². The van der Waals surface area contributed by atoms with Gasteiger partial charge in [-0.15, -0.1) is 13.2 Å².